The average Bonchev–Trinajstić information content (AvgIpc) is 1.60. The minimum atomic E-state index is -0.651. The lowest BCUT2D eigenvalue weighted by atomic mass is 9.82. The Kier molecular flexibility index (Phi) is 19.2. The molecule has 484 valence electrons. The quantitative estimate of drug-likeness (QED) is 0.0403. The first-order valence-electron chi connectivity index (χ1n) is 31.5. The maximum atomic E-state index is 14.4. The number of imide groups is 2. The molecular formula is C69H77N7O15S. The van der Waals surface area contributed by atoms with Crippen molar-refractivity contribution in [2.45, 2.75) is 107 Å². The molecule has 22 nitrogen and oxygen atoms in total. The number of hydroxylamine groups is 2. The number of para-hydroxylation sites is 2. The third kappa shape index (κ3) is 13.7. The van der Waals surface area contributed by atoms with Gasteiger partial charge in [0.15, 0.2) is 23.0 Å². The Morgan fingerprint density at radius 2 is 1.29 bits per heavy atom. The van der Waals surface area contributed by atoms with E-state index < -0.39 is 33.7 Å². The zero-order valence-electron chi connectivity index (χ0n) is 52.5. The molecule has 5 aromatic rings. The molecule has 0 bridgehead atoms. The van der Waals surface area contributed by atoms with Crippen molar-refractivity contribution >= 4 is 87.8 Å². The summed E-state index contributed by atoms with van der Waals surface area (Å²) < 4.78 is 41.7. The van der Waals surface area contributed by atoms with Gasteiger partial charge in [0.1, 0.15) is 13.2 Å². The second-order valence-corrected chi connectivity index (χ2v) is 26.7. The summed E-state index contributed by atoms with van der Waals surface area (Å²) in [6, 6.07) is 28.6. The first-order chi connectivity index (χ1) is 44.6. The maximum Gasteiger partial charge on any atom is 0.336 e. The molecule has 1 saturated carbocycles. The molecule has 3 fully saturated rings. The zero-order chi connectivity index (χ0) is 64.2. The average molecular weight is 1280 g/mol. The summed E-state index contributed by atoms with van der Waals surface area (Å²) in [4.78, 5) is 111. The van der Waals surface area contributed by atoms with Gasteiger partial charge in [-0.1, -0.05) is 36.4 Å². The number of rotatable bonds is 26. The van der Waals surface area contributed by atoms with E-state index in [4.69, 9.17) is 43.0 Å². The molecule has 12 rings (SSSR count). The number of methoxy groups -OCH3 is 3. The second-order valence-electron chi connectivity index (χ2n) is 24.8. The van der Waals surface area contributed by atoms with E-state index >= 15 is 0 Å². The number of ether oxygens (including phenoxy) is 7. The monoisotopic (exact) mass is 1280 g/mol. The summed E-state index contributed by atoms with van der Waals surface area (Å²) >= 11 is 1.45. The Morgan fingerprint density at radius 1 is 0.674 bits per heavy atom. The van der Waals surface area contributed by atoms with E-state index in [0.29, 0.717) is 135 Å². The number of benzene rings is 5. The van der Waals surface area contributed by atoms with Gasteiger partial charge in [-0.05, 0) is 117 Å². The Morgan fingerprint density at radius 3 is 1.98 bits per heavy atom. The van der Waals surface area contributed by atoms with Crippen molar-refractivity contribution in [2.24, 2.45) is 16.8 Å². The molecule has 0 spiro atoms. The second kappa shape index (κ2) is 27.8. The van der Waals surface area contributed by atoms with Crippen molar-refractivity contribution in [3.05, 3.63) is 124 Å². The van der Waals surface area contributed by atoms with Crippen LogP contribution in [-0.4, -0.2) is 160 Å². The smallest absolute Gasteiger partial charge is 0.336 e. The number of anilines is 4. The molecule has 7 aliphatic rings. The van der Waals surface area contributed by atoms with E-state index in [0.717, 1.165) is 45.7 Å². The number of nitrogens with one attached hydrogen (secondary N) is 1. The van der Waals surface area contributed by atoms with Gasteiger partial charge in [0.2, 0.25) is 11.8 Å². The van der Waals surface area contributed by atoms with E-state index in [9.17, 15) is 33.6 Å². The summed E-state index contributed by atoms with van der Waals surface area (Å²) in [6.45, 7) is 7.70. The molecule has 3 atom stereocenters. The maximum absolute atomic E-state index is 14.4. The van der Waals surface area contributed by atoms with Gasteiger partial charge < -0.3 is 53.1 Å². The SMILES string of the molecule is COCCOCCOCCN(CC(C)(C)SC1CC(=O)N(CC2CCC(C(=O)ON3C(=O)CCC3=O)CC2)C1=O)c1cc(COc2cc3c(cc2OC)C(=O)N2c4ccccc4C[C@H]2C=N3)cc(COc2cc3c(cc2OC)C(=O)N2c4ccccc4C[C@H]2CN3)c1. The number of fused-ring (bicyclic) bond motifs is 8. The van der Waals surface area contributed by atoms with Crippen LogP contribution in [0.4, 0.5) is 28.4 Å². The fourth-order valence-corrected chi connectivity index (χ4v) is 14.9. The number of amides is 6. The normalized spacial score (nSPS) is 20.6. The van der Waals surface area contributed by atoms with Crippen LogP contribution in [0.15, 0.2) is 96.0 Å². The first-order valence-corrected chi connectivity index (χ1v) is 32.4. The zero-order valence-corrected chi connectivity index (χ0v) is 53.3. The Bertz CT molecular complexity index is 3690. The lowest BCUT2D eigenvalue weighted by molar-refractivity contribution is -0.201. The summed E-state index contributed by atoms with van der Waals surface area (Å²) in [5.74, 6) is -1.49. The highest BCUT2D eigenvalue weighted by Gasteiger charge is 2.45. The number of hydrogen-bond acceptors (Lipinski definition) is 19. The van der Waals surface area contributed by atoms with E-state index in [1.165, 1.54) is 23.8 Å². The van der Waals surface area contributed by atoms with Gasteiger partial charge in [0, 0.05) is 99.1 Å². The van der Waals surface area contributed by atoms with Crippen molar-refractivity contribution in [3.63, 3.8) is 0 Å². The van der Waals surface area contributed by atoms with Gasteiger partial charge in [0.25, 0.3) is 23.6 Å². The molecule has 2 saturated heterocycles. The van der Waals surface area contributed by atoms with Crippen LogP contribution < -0.4 is 39.0 Å². The van der Waals surface area contributed by atoms with Crippen molar-refractivity contribution in [2.75, 3.05) is 101 Å². The predicted molar refractivity (Wildman–Crippen MR) is 344 cm³/mol. The van der Waals surface area contributed by atoms with Crippen LogP contribution >= 0.6 is 11.8 Å². The lowest BCUT2D eigenvalue weighted by Crippen LogP contribution is -2.41. The van der Waals surface area contributed by atoms with Crippen LogP contribution in [0, 0.1) is 11.8 Å². The number of carbonyl (C=O) groups excluding carboxylic acids is 7. The van der Waals surface area contributed by atoms with E-state index in [-0.39, 0.29) is 80.7 Å². The topological polar surface area (TPSA) is 234 Å². The number of likely N-dealkylation sites (tertiary alicyclic amines) is 1. The summed E-state index contributed by atoms with van der Waals surface area (Å²) in [6.07, 6.45) is 5.26. The highest BCUT2D eigenvalue weighted by molar-refractivity contribution is 8.02. The number of thioether (sulfide) groups is 1. The molecule has 1 aliphatic carbocycles. The Hall–Kier alpha value is -8.51. The summed E-state index contributed by atoms with van der Waals surface area (Å²) in [7, 11) is 4.70. The van der Waals surface area contributed by atoms with Crippen LogP contribution in [0.1, 0.15) is 102 Å². The molecule has 92 heavy (non-hydrogen) atoms. The molecule has 6 amide bonds. The molecule has 5 aromatic carbocycles. The Balaban J connectivity index is 0.799. The Labute approximate surface area is 538 Å². The number of carbonyl (C=O) groups is 7. The van der Waals surface area contributed by atoms with Crippen LogP contribution in [0.5, 0.6) is 23.0 Å². The van der Waals surface area contributed by atoms with Gasteiger partial charge in [-0.15, -0.1) is 16.8 Å². The highest BCUT2D eigenvalue weighted by atomic mass is 32.2. The van der Waals surface area contributed by atoms with Crippen molar-refractivity contribution < 1.29 is 71.6 Å². The van der Waals surface area contributed by atoms with E-state index in [2.05, 4.69) is 30.1 Å². The van der Waals surface area contributed by atoms with E-state index in [1.807, 2.05) is 77.8 Å². The molecule has 6 heterocycles. The minimum Gasteiger partial charge on any atom is -0.493 e. The number of nitrogens with zero attached hydrogens (tertiary/aromatic N) is 6. The van der Waals surface area contributed by atoms with Gasteiger partial charge in [-0.2, -0.15) is 0 Å². The molecular weight excluding hydrogens is 1200 g/mol. The van der Waals surface area contributed by atoms with Crippen molar-refractivity contribution in [1.82, 2.24) is 9.96 Å². The third-order valence-corrected chi connectivity index (χ3v) is 19.4. The number of aliphatic imine (C=N–C) groups is 1. The van der Waals surface area contributed by atoms with Crippen LogP contribution in [0.2, 0.25) is 0 Å². The highest BCUT2D eigenvalue weighted by Crippen LogP contribution is 2.45. The predicted octanol–water partition coefficient (Wildman–Crippen LogP) is 8.69. The molecule has 0 radical (unpaired) electrons. The van der Waals surface area contributed by atoms with Crippen LogP contribution in [0.3, 0.4) is 0 Å². The van der Waals surface area contributed by atoms with Gasteiger partial charge in [0.05, 0.1) is 93.0 Å². The minimum absolute atomic E-state index is 0.0108. The fraction of sp³-hybridized carbons (Fsp3) is 0.449. The molecule has 23 heteroatoms. The summed E-state index contributed by atoms with van der Waals surface area (Å²) in [5, 5.41) is 3.46. The lowest BCUT2D eigenvalue weighted by Gasteiger charge is -2.35. The standard InChI is InChI=1S/C69H77N7O15S/c1-69(2,92-61-35-64(79)73(67(61)82)38-42-14-16-45(17-15-42)68(83)91-76-62(77)18-19-63(76)78)41-72(20-21-87-24-25-88-23-22-84-3)48-27-43(39-89-59-33-53-51(31-57(59)85-4)65(80)74-49(36-70-53)29-46-10-6-8-12-55(46)74)26-44(28-48)40-90-60-34-54-52(32-58(60)86-5)66(81)75-50(37-71-54)30-47-11-7-9-13-56(47)75/h6-13,26-28,31-34,36,42,45,49-50,61,71H,14-25,29-30,35,37-41H2,1-5H3/t42?,45?,49-,50-,61?/m0/s1. The van der Waals surface area contributed by atoms with Crippen molar-refractivity contribution in [3.8, 4) is 23.0 Å². The molecule has 0 aromatic heterocycles. The first kappa shape index (κ1) is 63.6. The van der Waals surface area contributed by atoms with E-state index in [1.54, 1.807) is 37.3 Å². The molecule has 1 unspecified atom stereocenters. The van der Waals surface area contributed by atoms with Gasteiger partial charge >= 0.3 is 5.97 Å². The molecule has 1 N–H and O–H groups in total. The third-order valence-electron chi connectivity index (χ3n) is 18.0. The summed E-state index contributed by atoms with van der Waals surface area (Å²) in [5.41, 5.74) is 8.22. The van der Waals surface area contributed by atoms with Crippen LogP contribution in [-0.2, 0) is 69.1 Å². The van der Waals surface area contributed by atoms with Crippen molar-refractivity contribution in [1.29, 1.82) is 0 Å². The van der Waals surface area contributed by atoms with Crippen LogP contribution in [0.25, 0.3) is 0 Å². The van der Waals surface area contributed by atoms with Gasteiger partial charge in [-0.3, -0.25) is 43.6 Å². The molecule has 6 aliphatic heterocycles. The largest absolute Gasteiger partial charge is 0.493 e. The number of hydrogen-bond donors (Lipinski definition) is 1. The van der Waals surface area contributed by atoms with Gasteiger partial charge in [-0.25, -0.2) is 4.79 Å². The fourth-order valence-electron chi connectivity index (χ4n) is 13.4.